The van der Waals surface area contributed by atoms with E-state index < -0.39 is 23.9 Å². The first-order chi connectivity index (χ1) is 12.2. The van der Waals surface area contributed by atoms with Crippen LogP contribution in [0, 0.1) is 0 Å². The van der Waals surface area contributed by atoms with Gasteiger partial charge in [-0.1, -0.05) is 21.6 Å². The molecule has 0 atom stereocenters. The summed E-state index contributed by atoms with van der Waals surface area (Å²) < 4.78 is 0. The van der Waals surface area contributed by atoms with E-state index in [-0.39, 0.29) is 32.0 Å². The van der Waals surface area contributed by atoms with Crippen molar-refractivity contribution in [3.05, 3.63) is 58.7 Å². The van der Waals surface area contributed by atoms with Gasteiger partial charge in [0.2, 0.25) is 0 Å². The van der Waals surface area contributed by atoms with Crippen molar-refractivity contribution in [2.24, 2.45) is 0 Å². The molecule has 2 aromatic carbocycles. The van der Waals surface area contributed by atoms with E-state index >= 15 is 0 Å². The number of hydrogen-bond acceptors (Lipinski definition) is 6. The third kappa shape index (κ3) is 4.35. The van der Waals surface area contributed by atoms with Crippen LogP contribution in [-0.4, -0.2) is 44.3 Å². The van der Waals surface area contributed by atoms with Gasteiger partial charge in [-0.2, -0.15) is 0 Å². The van der Waals surface area contributed by atoms with Gasteiger partial charge in [-0.05, 0) is 36.4 Å². The summed E-state index contributed by atoms with van der Waals surface area (Å²) in [4.78, 5) is 44.9. The zero-order chi connectivity index (χ0) is 19.4. The third-order valence-electron chi connectivity index (χ3n) is 3.14. The molecule has 2 aromatic rings. The van der Waals surface area contributed by atoms with Crippen LogP contribution in [0.25, 0.3) is 0 Å². The molecule has 0 aliphatic carbocycles. The minimum Gasteiger partial charge on any atom is -0.478 e. The molecule has 134 valence electrons. The maximum Gasteiger partial charge on any atom is 0.336 e. The summed E-state index contributed by atoms with van der Waals surface area (Å²) in [6, 6.07) is 6.89. The van der Waals surface area contributed by atoms with Crippen molar-refractivity contribution in [2.45, 2.75) is 9.79 Å². The van der Waals surface area contributed by atoms with Crippen LogP contribution in [0.4, 0.5) is 0 Å². The fourth-order valence-corrected chi connectivity index (χ4v) is 4.28. The van der Waals surface area contributed by atoms with Gasteiger partial charge in [-0.25, -0.2) is 19.2 Å². The Labute approximate surface area is 153 Å². The molecule has 0 aliphatic heterocycles. The number of carboxylic acids is 4. The Morgan fingerprint density at radius 3 is 1.19 bits per heavy atom. The van der Waals surface area contributed by atoms with Gasteiger partial charge < -0.3 is 20.4 Å². The molecule has 4 N–H and O–H groups in total. The molecule has 8 nitrogen and oxygen atoms in total. The van der Waals surface area contributed by atoms with Crippen molar-refractivity contribution in [1.82, 2.24) is 0 Å². The first kappa shape index (κ1) is 19.3. The molecule has 26 heavy (non-hydrogen) atoms. The lowest BCUT2D eigenvalue weighted by Gasteiger charge is -2.09. The molecule has 0 saturated heterocycles. The molecule has 0 spiro atoms. The highest BCUT2D eigenvalue weighted by atomic mass is 33.1. The molecule has 0 aliphatic rings. The van der Waals surface area contributed by atoms with Crippen LogP contribution in [0.15, 0.2) is 46.2 Å². The van der Waals surface area contributed by atoms with Crippen LogP contribution in [0.2, 0.25) is 0 Å². The quantitative estimate of drug-likeness (QED) is 0.515. The summed E-state index contributed by atoms with van der Waals surface area (Å²) in [5, 5.41) is 36.5. The second-order valence-electron chi connectivity index (χ2n) is 4.81. The molecular formula is C16H10O8S2. The molecular weight excluding hydrogens is 384 g/mol. The molecule has 0 fully saturated rings. The van der Waals surface area contributed by atoms with Crippen LogP contribution in [0.1, 0.15) is 41.4 Å². The Morgan fingerprint density at radius 2 is 0.923 bits per heavy atom. The number of aromatic carboxylic acids is 4. The monoisotopic (exact) mass is 394 g/mol. The lowest BCUT2D eigenvalue weighted by Crippen LogP contribution is -2.03. The Morgan fingerprint density at radius 1 is 0.577 bits per heavy atom. The van der Waals surface area contributed by atoms with Gasteiger partial charge in [0.05, 0.1) is 22.3 Å². The Kier molecular flexibility index (Phi) is 5.90. The predicted molar refractivity (Wildman–Crippen MR) is 92.4 cm³/mol. The van der Waals surface area contributed by atoms with E-state index in [1.54, 1.807) is 0 Å². The molecule has 0 saturated carbocycles. The van der Waals surface area contributed by atoms with Gasteiger partial charge in [0.15, 0.2) is 0 Å². The van der Waals surface area contributed by atoms with E-state index in [2.05, 4.69) is 0 Å². The van der Waals surface area contributed by atoms with Gasteiger partial charge in [0, 0.05) is 9.79 Å². The highest BCUT2D eigenvalue weighted by Crippen LogP contribution is 2.41. The number of carbonyl (C=O) groups is 4. The fourth-order valence-electron chi connectivity index (χ4n) is 1.89. The number of rotatable bonds is 7. The summed E-state index contributed by atoms with van der Waals surface area (Å²) in [6.07, 6.45) is 0. The summed E-state index contributed by atoms with van der Waals surface area (Å²) in [7, 11) is 1.66. The first-order valence-corrected chi connectivity index (χ1v) is 8.91. The standard InChI is InChI=1S/C16H10O8S2/c17-13(18)7-1-3-9(15(21)22)11(5-7)25-26-12-6-8(14(19)20)2-4-10(12)16(23)24/h1-6H,(H,17,18)(H,19,20)(H,21,22)(H,23,24). The second kappa shape index (κ2) is 7.93. The Hall–Kier alpha value is -2.98. The van der Waals surface area contributed by atoms with Crippen molar-refractivity contribution in [1.29, 1.82) is 0 Å². The van der Waals surface area contributed by atoms with Crippen LogP contribution in [-0.2, 0) is 0 Å². The SMILES string of the molecule is O=C(O)c1ccc(C(=O)O)c(SSc2cc(C(=O)O)ccc2C(=O)O)c1. The maximum absolute atomic E-state index is 11.3. The largest absolute Gasteiger partial charge is 0.478 e. The molecule has 0 bridgehead atoms. The summed E-state index contributed by atoms with van der Waals surface area (Å²) >= 11 is 0. The average molecular weight is 394 g/mol. The summed E-state index contributed by atoms with van der Waals surface area (Å²) in [5.74, 6) is -5.04. The van der Waals surface area contributed by atoms with E-state index in [1.165, 1.54) is 0 Å². The van der Waals surface area contributed by atoms with E-state index in [4.69, 9.17) is 10.2 Å². The molecule has 0 radical (unpaired) electrons. The number of hydrogen-bond donors (Lipinski definition) is 4. The Bertz CT molecular complexity index is 847. The van der Waals surface area contributed by atoms with E-state index in [9.17, 15) is 29.4 Å². The zero-order valence-corrected chi connectivity index (χ0v) is 14.3. The van der Waals surface area contributed by atoms with E-state index in [0.29, 0.717) is 0 Å². The van der Waals surface area contributed by atoms with Crippen LogP contribution in [0.3, 0.4) is 0 Å². The van der Waals surface area contributed by atoms with Crippen molar-refractivity contribution in [2.75, 3.05) is 0 Å². The molecule has 0 unspecified atom stereocenters. The van der Waals surface area contributed by atoms with E-state index in [0.717, 1.165) is 58.0 Å². The van der Waals surface area contributed by atoms with Crippen molar-refractivity contribution >= 4 is 45.5 Å². The van der Waals surface area contributed by atoms with Crippen LogP contribution >= 0.6 is 21.6 Å². The van der Waals surface area contributed by atoms with Gasteiger partial charge in [0.1, 0.15) is 0 Å². The fraction of sp³-hybridized carbons (Fsp3) is 0. The third-order valence-corrected chi connectivity index (χ3v) is 5.58. The topological polar surface area (TPSA) is 149 Å². The van der Waals surface area contributed by atoms with Gasteiger partial charge in [0.25, 0.3) is 0 Å². The lowest BCUT2D eigenvalue weighted by atomic mass is 10.1. The molecule has 2 rings (SSSR count). The number of carboxylic acid groups (broad SMARTS) is 4. The predicted octanol–water partition coefficient (Wildman–Crippen LogP) is 3.28. The molecule has 0 heterocycles. The van der Waals surface area contributed by atoms with Gasteiger partial charge in [-0.15, -0.1) is 0 Å². The highest BCUT2D eigenvalue weighted by molar-refractivity contribution is 8.76. The normalized spacial score (nSPS) is 10.3. The minimum absolute atomic E-state index is 0.0967. The summed E-state index contributed by atoms with van der Waals surface area (Å²) in [5.41, 5.74) is -0.566. The van der Waals surface area contributed by atoms with Crippen molar-refractivity contribution < 1.29 is 39.6 Å². The van der Waals surface area contributed by atoms with Crippen LogP contribution in [0.5, 0.6) is 0 Å². The van der Waals surface area contributed by atoms with Gasteiger partial charge >= 0.3 is 23.9 Å². The van der Waals surface area contributed by atoms with E-state index in [1.807, 2.05) is 0 Å². The van der Waals surface area contributed by atoms with Crippen molar-refractivity contribution in [3.63, 3.8) is 0 Å². The maximum atomic E-state index is 11.3. The smallest absolute Gasteiger partial charge is 0.336 e. The average Bonchev–Trinajstić information content (AvgIpc) is 2.58. The van der Waals surface area contributed by atoms with Crippen molar-refractivity contribution in [3.8, 4) is 0 Å². The molecule has 0 aromatic heterocycles. The minimum atomic E-state index is -1.28. The second-order valence-corrected chi connectivity index (χ2v) is 7.02. The number of benzene rings is 2. The molecule has 0 amide bonds. The lowest BCUT2D eigenvalue weighted by molar-refractivity contribution is 0.0678. The molecule has 10 heteroatoms. The zero-order valence-electron chi connectivity index (χ0n) is 12.7. The summed E-state index contributed by atoms with van der Waals surface area (Å²) in [6.45, 7) is 0. The van der Waals surface area contributed by atoms with Gasteiger partial charge in [-0.3, -0.25) is 0 Å². The first-order valence-electron chi connectivity index (χ1n) is 6.76. The Balaban J connectivity index is 2.41. The highest BCUT2D eigenvalue weighted by Gasteiger charge is 2.18. The van der Waals surface area contributed by atoms with Crippen LogP contribution < -0.4 is 0 Å².